The zero-order chi connectivity index (χ0) is 17.7. The van der Waals surface area contributed by atoms with Crippen LogP contribution in [0.15, 0.2) is 30.3 Å². The lowest BCUT2D eigenvalue weighted by atomic mass is 10.1. The van der Waals surface area contributed by atoms with Crippen LogP contribution in [0.4, 0.5) is 0 Å². The van der Waals surface area contributed by atoms with Gasteiger partial charge in [-0.3, -0.25) is 19.8 Å². The van der Waals surface area contributed by atoms with E-state index in [4.69, 9.17) is 0 Å². The van der Waals surface area contributed by atoms with E-state index in [0.29, 0.717) is 12.8 Å². The molecule has 1 unspecified atom stereocenters. The molecule has 2 N–H and O–H groups in total. The highest BCUT2D eigenvalue weighted by Crippen LogP contribution is 2.19. The van der Waals surface area contributed by atoms with Gasteiger partial charge >= 0.3 is 0 Å². The van der Waals surface area contributed by atoms with Gasteiger partial charge in [0, 0.05) is 12.1 Å². The van der Waals surface area contributed by atoms with Crippen molar-refractivity contribution in [2.75, 3.05) is 12.3 Å². The predicted octanol–water partition coefficient (Wildman–Crippen LogP) is -0.169. The van der Waals surface area contributed by atoms with E-state index >= 15 is 0 Å². The smallest absolute Gasteiger partial charge is 0.295 e. The van der Waals surface area contributed by atoms with Crippen molar-refractivity contribution in [2.24, 2.45) is 0 Å². The number of carbonyl (C=O) groups is 3. The lowest BCUT2D eigenvalue weighted by Crippen LogP contribution is -2.52. The molecule has 0 saturated carbocycles. The molecule has 130 valence electrons. The summed E-state index contributed by atoms with van der Waals surface area (Å²) in [4.78, 5) is 39.9. The largest absolute Gasteiger partial charge is 0.324 e. The molecule has 0 bridgehead atoms. The summed E-state index contributed by atoms with van der Waals surface area (Å²) in [6.45, 7) is 1.70. The van der Waals surface area contributed by atoms with Crippen molar-refractivity contribution in [3.05, 3.63) is 35.9 Å². The zero-order valence-electron chi connectivity index (χ0n) is 13.2. The van der Waals surface area contributed by atoms with Crippen molar-refractivity contribution in [3.8, 4) is 0 Å². The molecule has 0 aliphatic carbocycles. The van der Waals surface area contributed by atoms with Crippen molar-refractivity contribution >= 4 is 27.6 Å². The highest BCUT2D eigenvalue weighted by molar-refractivity contribution is 7.89. The first-order valence-corrected chi connectivity index (χ1v) is 9.20. The molecule has 0 spiro atoms. The van der Waals surface area contributed by atoms with Gasteiger partial charge in [-0.1, -0.05) is 30.3 Å². The number of hydrazine groups is 1. The van der Waals surface area contributed by atoms with Crippen LogP contribution in [-0.2, 0) is 19.6 Å². The fourth-order valence-corrected chi connectivity index (χ4v) is 2.81. The molecule has 1 aliphatic heterocycles. The second-order valence-corrected chi connectivity index (χ2v) is 7.36. The van der Waals surface area contributed by atoms with Crippen LogP contribution in [0, 0.1) is 0 Å². The fraction of sp³-hybridized carbons (Fsp3) is 0.400. The van der Waals surface area contributed by atoms with Crippen molar-refractivity contribution in [3.63, 3.8) is 0 Å². The Hall–Kier alpha value is -2.26. The SMILES string of the molecule is CCS(=O)(=O)NNC(=O)C1CCCN1C(=O)C(=O)c1ccccc1. The van der Waals surface area contributed by atoms with Crippen molar-refractivity contribution in [1.82, 2.24) is 15.2 Å². The van der Waals surface area contributed by atoms with E-state index < -0.39 is 33.7 Å². The summed E-state index contributed by atoms with van der Waals surface area (Å²) < 4.78 is 22.7. The number of rotatable bonds is 6. The number of carbonyl (C=O) groups excluding carboxylic acids is 3. The van der Waals surface area contributed by atoms with Gasteiger partial charge in [0.25, 0.3) is 11.8 Å². The summed E-state index contributed by atoms with van der Waals surface area (Å²) in [6, 6.07) is 7.21. The molecule has 1 aliphatic rings. The molecule has 0 radical (unpaired) electrons. The van der Waals surface area contributed by atoms with Crippen LogP contribution in [-0.4, -0.2) is 49.3 Å². The van der Waals surface area contributed by atoms with E-state index in [1.54, 1.807) is 18.2 Å². The number of hydrogen-bond acceptors (Lipinski definition) is 5. The molecule has 0 aromatic heterocycles. The normalized spacial score (nSPS) is 17.5. The summed E-state index contributed by atoms with van der Waals surface area (Å²) >= 11 is 0. The van der Waals surface area contributed by atoms with Crippen molar-refractivity contribution in [2.45, 2.75) is 25.8 Å². The molecule has 1 saturated heterocycles. The van der Waals surface area contributed by atoms with Crippen molar-refractivity contribution < 1.29 is 22.8 Å². The second kappa shape index (κ2) is 7.54. The summed E-state index contributed by atoms with van der Waals surface area (Å²) in [5.74, 6) is -2.30. The van der Waals surface area contributed by atoms with Gasteiger partial charge in [-0.2, -0.15) is 0 Å². The maximum atomic E-state index is 12.4. The number of nitrogens with one attached hydrogen (secondary N) is 2. The van der Waals surface area contributed by atoms with Crippen LogP contribution >= 0.6 is 0 Å². The van der Waals surface area contributed by atoms with Crippen LogP contribution in [0.1, 0.15) is 30.1 Å². The molecule has 2 rings (SSSR count). The van der Waals surface area contributed by atoms with E-state index in [1.165, 1.54) is 24.0 Å². The van der Waals surface area contributed by atoms with Crippen LogP contribution in [0.3, 0.4) is 0 Å². The van der Waals surface area contributed by atoms with E-state index in [0.717, 1.165) is 0 Å². The minimum absolute atomic E-state index is 0.187. The molecule has 1 fully saturated rings. The number of likely N-dealkylation sites (tertiary alicyclic amines) is 1. The Morgan fingerprint density at radius 2 is 1.88 bits per heavy atom. The third kappa shape index (κ3) is 4.18. The van der Waals surface area contributed by atoms with Crippen LogP contribution < -0.4 is 10.3 Å². The average Bonchev–Trinajstić information content (AvgIpc) is 3.09. The lowest BCUT2D eigenvalue weighted by Gasteiger charge is -2.23. The van der Waals surface area contributed by atoms with Gasteiger partial charge < -0.3 is 4.90 Å². The number of nitrogens with zero attached hydrogens (tertiary/aromatic N) is 1. The zero-order valence-corrected chi connectivity index (χ0v) is 14.0. The van der Waals surface area contributed by atoms with Crippen LogP contribution in [0.25, 0.3) is 0 Å². The number of hydrogen-bond donors (Lipinski definition) is 2. The molecular formula is C15H19N3O5S. The van der Waals surface area contributed by atoms with Gasteiger partial charge in [0.2, 0.25) is 15.8 Å². The molecule has 9 heteroatoms. The summed E-state index contributed by atoms with van der Waals surface area (Å²) in [5.41, 5.74) is 2.35. The van der Waals surface area contributed by atoms with Gasteiger partial charge in [-0.25, -0.2) is 8.42 Å². The molecule has 8 nitrogen and oxygen atoms in total. The number of amides is 2. The van der Waals surface area contributed by atoms with E-state index in [9.17, 15) is 22.8 Å². The Kier molecular flexibility index (Phi) is 5.68. The summed E-state index contributed by atoms with van der Waals surface area (Å²) in [6.07, 6.45) is 0.930. The maximum Gasteiger partial charge on any atom is 0.295 e. The van der Waals surface area contributed by atoms with Gasteiger partial charge in [-0.05, 0) is 19.8 Å². The molecule has 2 amide bonds. The first-order valence-electron chi connectivity index (χ1n) is 7.55. The van der Waals surface area contributed by atoms with Gasteiger partial charge in [0.05, 0.1) is 5.75 Å². The van der Waals surface area contributed by atoms with E-state index in [1.807, 2.05) is 4.83 Å². The topological polar surface area (TPSA) is 113 Å². The molecule has 1 heterocycles. The van der Waals surface area contributed by atoms with Crippen LogP contribution in [0.5, 0.6) is 0 Å². The minimum atomic E-state index is -3.59. The maximum absolute atomic E-state index is 12.4. The number of Topliss-reactive ketones (excluding diaryl/α,β-unsaturated/α-hetero) is 1. The molecule has 1 aromatic rings. The predicted molar refractivity (Wildman–Crippen MR) is 86.2 cm³/mol. The molecule has 1 aromatic carbocycles. The Labute approximate surface area is 140 Å². The van der Waals surface area contributed by atoms with Gasteiger partial charge in [-0.15, -0.1) is 4.83 Å². The molecule has 1 atom stereocenters. The molecular weight excluding hydrogens is 334 g/mol. The first-order chi connectivity index (χ1) is 11.4. The number of ketones is 1. The summed E-state index contributed by atoms with van der Waals surface area (Å²) in [5, 5.41) is 0. The quantitative estimate of drug-likeness (QED) is 0.419. The highest BCUT2D eigenvalue weighted by atomic mass is 32.2. The third-order valence-corrected chi connectivity index (χ3v) is 4.93. The Balaban J connectivity index is 2.05. The van der Waals surface area contributed by atoms with E-state index in [2.05, 4.69) is 5.43 Å². The van der Waals surface area contributed by atoms with Gasteiger partial charge in [0.15, 0.2) is 0 Å². The minimum Gasteiger partial charge on any atom is -0.324 e. The Morgan fingerprint density at radius 3 is 2.50 bits per heavy atom. The second-order valence-electron chi connectivity index (χ2n) is 5.35. The van der Waals surface area contributed by atoms with Gasteiger partial charge in [0.1, 0.15) is 6.04 Å². The number of sulfonamides is 1. The van der Waals surface area contributed by atoms with Crippen molar-refractivity contribution in [1.29, 1.82) is 0 Å². The fourth-order valence-electron chi connectivity index (χ4n) is 2.41. The standard InChI is InChI=1S/C15H19N3O5S/c1-2-24(22,23)17-16-14(20)12-9-6-10-18(12)15(21)13(19)11-7-4-3-5-8-11/h3-5,7-8,12,17H,2,6,9-10H2,1H3,(H,16,20). The summed E-state index contributed by atoms with van der Waals surface area (Å²) in [7, 11) is -3.59. The Bertz CT molecular complexity index is 733. The lowest BCUT2D eigenvalue weighted by molar-refractivity contribution is -0.135. The Morgan fingerprint density at radius 1 is 1.21 bits per heavy atom. The monoisotopic (exact) mass is 353 g/mol. The molecule has 24 heavy (non-hydrogen) atoms. The third-order valence-electron chi connectivity index (χ3n) is 3.76. The van der Waals surface area contributed by atoms with E-state index in [-0.39, 0.29) is 17.9 Å². The van der Waals surface area contributed by atoms with Crippen LogP contribution in [0.2, 0.25) is 0 Å². The average molecular weight is 353 g/mol. The highest BCUT2D eigenvalue weighted by Gasteiger charge is 2.37. The first kappa shape index (κ1) is 18.1. The number of benzene rings is 1.